The SMILES string of the molecule is CCC.CCCCNC(=O)Nc1ccc2c(c1)CCO2. The van der Waals surface area contributed by atoms with Crippen LogP contribution in [0.4, 0.5) is 10.5 Å². The number of hydrogen-bond acceptors (Lipinski definition) is 2. The van der Waals surface area contributed by atoms with Crippen molar-refractivity contribution in [3.05, 3.63) is 23.8 Å². The summed E-state index contributed by atoms with van der Waals surface area (Å²) in [5.41, 5.74) is 1.99. The van der Waals surface area contributed by atoms with Crippen LogP contribution in [0, 0.1) is 0 Å². The van der Waals surface area contributed by atoms with Gasteiger partial charge in [0.15, 0.2) is 0 Å². The Kier molecular flexibility index (Phi) is 7.55. The number of benzene rings is 1. The molecule has 2 rings (SSSR count). The molecule has 1 aliphatic heterocycles. The first kappa shape index (κ1) is 16.3. The maximum atomic E-state index is 11.5. The zero-order valence-corrected chi connectivity index (χ0v) is 12.8. The zero-order valence-electron chi connectivity index (χ0n) is 12.8. The zero-order chi connectivity index (χ0) is 14.8. The minimum Gasteiger partial charge on any atom is -0.493 e. The van der Waals surface area contributed by atoms with Gasteiger partial charge in [0.1, 0.15) is 5.75 Å². The van der Waals surface area contributed by atoms with Crippen LogP contribution in [0.15, 0.2) is 18.2 Å². The molecular formula is C16H26N2O2. The Morgan fingerprint density at radius 1 is 1.30 bits per heavy atom. The minimum absolute atomic E-state index is 0.141. The predicted octanol–water partition coefficient (Wildman–Crippen LogP) is 3.96. The van der Waals surface area contributed by atoms with Crippen LogP contribution in [0.5, 0.6) is 5.75 Å². The quantitative estimate of drug-likeness (QED) is 0.819. The highest BCUT2D eigenvalue weighted by Crippen LogP contribution is 2.27. The van der Waals surface area contributed by atoms with E-state index in [1.807, 2.05) is 18.2 Å². The first-order valence-electron chi connectivity index (χ1n) is 7.51. The van der Waals surface area contributed by atoms with Gasteiger partial charge in [0.05, 0.1) is 6.61 Å². The van der Waals surface area contributed by atoms with Crippen molar-refractivity contribution >= 4 is 11.7 Å². The molecule has 0 atom stereocenters. The van der Waals surface area contributed by atoms with Crippen LogP contribution in [0.1, 0.15) is 45.6 Å². The van der Waals surface area contributed by atoms with Crippen molar-refractivity contribution in [2.45, 2.75) is 46.5 Å². The van der Waals surface area contributed by atoms with Crippen LogP contribution < -0.4 is 15.4 Å². The third-order valence-electron chi connectivity index (χ3n) is 2.76. The summed E-state index contributed by atoms with van der Waals surface area (Å²) in [5.74, 6) is 0.932. The molecule has 20 heavy (non-hydrogen) atoms. The number of carbonyl (C=O) groups excluding carboxylic acids is 1. The molecule has 112 valence electrons. The van der Waals surface area contributed by atoms with Gasteiger partial charge in [-0.25, -0.2) is 4.79 Å². The van der Waals surface area contributed by atoms with Crippen LogP contribution in [0.3, 0.4) is 0 Å². The van der Waals surface area contributed by atoms with Crippen molar-refractivity contribution < 1.29 is 9.53 Å². The third kappa shape index (κ3) is 5.51. The highest BCUT2D eigenvalue weighted by molar-refractivity contribution is 5.89. The standard InChI is InChI=1S/C13H18N2O2.C3H8/c1-2-3-7-14-13(16)15-11-4-5-12-10(9-11)6-8-17-12;1-3-2/h4-5,9H,2-3,6-8H2,1H3,(H2,14,15,16);3H2,1-2H3. The fourth-order valence-corrected chi connectivity index (χ4v) is 1.82. The molecule has 4 heteroatoms. The van der Waals surface area contributed by atoms with Gasteiger partial charge in [0.2, 0.25) is 0 Å². The highest BCUT2D eigenvalue weighted by atomic mass is 16.5. The second-order valence-electron chi connectivity index (χ2n) is 4.86. The van der Waals surface area contributed by atoms with E-state index in [2.05, 4.69) is 31.4 Å². The number of unbranched alkanes of at least 4 members (excludes halogenated alkanes) is 1. The predicted molar refractivity (Wildman–Crippen MR) is 83.5 cm³/mol. The van der Waals surface area contributed by atoms with Gasteiger partial charge in [0.25, 0.3) is 0 Å². The fourth-order valence-electron chi connectivity index (χ4n) is 1.82. The lowest BCUT2D eigenvalue weighted by molar-refractivity contribution is 0.252. The van der Waals surface area contributed by atoms with E-state index in [0.717, 1.165) is 49.4 Å². The van der Waals surface area contributed by atoms with Crippen LogP contribution in [-0.4, -0.2) is 19.2 Å². The van der Waals surface area contributed by atoms with Gasteiger partial charge < -0.3 is 15.4 Å². The monoisotopic (exact) mass is 278 g/mol. The molecule has 0 saturated heterocycles. The summed E-state index contributed by atoms with van der Waals surface area (Å²) in [6, 6.07) is 5.60. The summed E-state index contributed by atoms with van der Waals surface area (Å²) in [6.45, 7) is 7.80. The fraction of sp³-hybridized carbons (Fsp3) is 0.562. The number of hydrogen-bond donors (Lipinski definition) is 2. The van der Waals surface area contributed by atoms with E-state index in [9.17, 15) is 4.79 Å². The summed E-state index contributed by atoms with van der Waals surface area (Å²) in [6.07, 6.45) is 4.25. The number of anilines is 1. The Bertz CT molecular complexity index is 419. The lowest BCUT2D eigenvalue weighted by atomic mass is 10.1. The number of amides is 2. The van der Waals surface area contributed by atoms with Crippen molar-refractivity contribution in [2.75, 3.05) is 18.5 Å². The number of urea groups is 1. The second kappa shape index (κ2) is 9.23. The van der Waals surface area contributed by atoms with E-state index in [4.69, 9.17) is 4.74 Å². The highest BCUT2D eigenvalue weighted by Gasteiger charge is 2.12. The van der Waals surface area contributed by atoms with Crippen LogP contribution >= 0.6 is 0 Å². The Labute approximate surface area is 121 Å². The molecule has 4 nitrogen and oxygen atoms in total. The van der Waals surface area contributed by atoms with Crippen LogP contribution in [0.2, 0.25) is 0 Å². The Hall–Kier alpha value is -1.71. The van der Waals surface area contributed by atoms with Gasteiger partial charge in [-0.2, -0.15) is 0 Å². The van der Waals surface area contributed by atoms with Gasteiger partial charge in [-0.15, -0.1) is 0 Å². The van der Waals surface area contributed by atoms with Crippen molar-refractivity contribution in [3.8, 4) is 5.75 Å². The average molecular weight is 278 g/mol. The molecule has 0 unspecified atom stereocenters. The molecule has 0 aliphatic carbocycles. The van der Waals surface area contributed by atoms with E-state index >= 15 is 0 Å². The topological polar surface area (TPSA) is 50.4 Å². The molecule has 0 aromatic heterocycles. The number of fused-ring (bicyclic) bond motifs is 1. The molecule has 1 heterocycles. The molecule has 1 aromatic rings. The number of rotatable bonds is 4. The molecule has 1 aromatic carbocycles. The molecule has 2 amide bonds. The molecule has 0 spiro atoms. The number of carbonyl (C=O) groups is 1. The summed E-state index contributed by atoms with van der Waals surface area (Å²) in [5, 5.41) is 5.64. The summed E-state index contributed by atoms with van der Waals surface area (Å²) in [7, 11) is 0. The molecule has 0 bridgehead atoms. The van der Waals surface area contributed by atoms with E-state index in [-0.39, 0.29) is 6.03 Å². The van der Waals surface area contributed by atoms with Crippen molar-refractivity contribution in [1.82, 2.24) is 5.32 Å². The molecule has 2 N–H and O–H groups in total. The molecule has 0 fully saturated rings. The second-order valence-corrected chi connectivity index (χ2v) is 4.86. The lowest BCUT2D eigenvalue weighted by Crippen LogP contribution is -2.29. The van der Waals surface area contributed by atoms with Gasteiger partial charge in [0, 0.05) is 18.7 Å². The smallest absolute Gasteiger partial charge is 0.319 e. The van der Waals surface area contributed by atoms with Gasteiger partial charge >= 0.3 is 6.03 Å². The summed E-state index contributed by atoms with van der Waals surface area (Å²) in [4.78, 5) is 11.5. The third-order valence-corrected chi connectivity index (χ3v) is 2.76. The number of nitrogens with one attached hydrogen (secondary N) is 2. The molecule has 0 radical (unpaired) electrons. The molecular weight excluding hydrogens is 252 g/mol. The summed E-state index contributed by atoms with van der Waals surface area (Å²) < 4.78 is 5.41. The minimum atomic E-state index is -0.141. The van der Waals surface area contributed by atoms with Crippen molar-refractivity contribution in [2.24, 2.45) is 0 Å². The summed E-state index contributed by atoms with van der Waals surface area (Å²) >= 11 is 0. The normalized spacial score (nSPS) is 11.8. The van der Waals surface area contributed by atoms with E-state index < -0.39 is 0 Å². The van der Waals surface area contributed by atoms with Crippen LogP contribution in [0.25, 0.3) is 0 Å². The number of ether oxygens (including phenoxy) is 1. The Morgan fingerprint density at radius 3 is 2.75 bits per heavy atom. The van der Waals surface area contributed by atoms with Gasteiger partial charge in [-0.3, -0.25) is 0 Å². The van der Waals surface area contributed by atoms with E-state index in [1.54, 1.807) is 0 Å². The van der Waals surface area contributed by atoms with E-state index in [0.29, 0.717) is 0 Å². The van der Waals surface area contributed by atoms with E-state index in [1.165, 1.54) is 6.42 Å². The van der Waals surface area contributed by atoms with Crippen molar-refractivity contribution in [1.29, 1.82) is 0 Å². The maximum absolute atomic E-state index is 11.5. The van der Waals surface area contributed by atoms with Crippen molar-refractivity contribution in [3.63, 3.8) is 0 Å². The average Bonchev–Trinajstić information content (AvgIpc) is 2.87. The van der Waals surface area contributed by atoms with Crippen LogP contribution in [-0.2, 0) is 6.42 Å². The lowest BCUT2D eigenvalue weighted by Gasteiger charge is -2.08. The Morgan fingerprint density at radius 2 is 2.05 bits per heavy atom. The maximum Gasteiger partial charge on any atom is 0.319 e. The first-order chi connectivity index (χ1) is 9.71. The Balaban J connectivity index is 0.000000612. The van der Waals surface area contributed by atoms with Gasteiger partial charge in [-0.05, 0) is 30.2 Å². The largest absolute Gasteiger partial charge is 0.493 e. The molecule has 1 aliphatic rings. The first-order valence-corrected chi connectivity index (χ1v) is 7.51. The van der Waals surface area contributed by atoms with Gasteiger partial charge in [-0.1, -0.05) is 33.6 Å². The molecule has 0 saturated carbocycles.